The van der Waals surface area contributed by atoms with Crippen molar-refractivity contribution in [3.05, 3.63) is 98.5 Å². The standard InChI is InChI=1S/C22H20Cl3NO/c23-19-8-9-22(27-15-16-4-2-1-3-5-16)18(12-19)14-26-11-10-17-6-7-20(24)13-21(17)25/h1-9,12-13,26H,10-11,14-15H2. The lowest BCUT2D eigenvalue weighted by atomic mass is 10.1. The molecule has 27 heavy (non-hydrogen) atoms. The van der Waals surface area contributed by atoms with Gasteiger partial charge >= 0.3 is 0 Å². The van der Waals surface area contributed by atoms with Crippen molar-refractivity contribution >= 4 is 34.8 Å². The van der Waals surface area contributed by atoms with Crippen molar-refractivity contribution in [3.8, 4) is 5.75 Å². The van der Waals surface area contributed by atoms with Crippen LogP contribution in [0.5, 0.6) is 5.75 Å². The normalized spacial score (nSPS) is 10.8. The second-order valence-corrected chi connectivity index (χ2v) is 7.47. The quantitative estimate of drug-likeness (QED) is 0.417. The molecule has 0 saturated heterocycles. The zero-order valence-electron chi connectivity index (χ0n) is 14.7. The molecule has 3 aromatic carbocycles. The van der Waals surface area contributed by atoms with Gasteiger partial charge in [0.15, 0.2) is 0 Å². The minimum Gasteiger partial charge on any atom is -0.489 e. The lowest BCUT2D eigenvalue weighted by Crippen LogP contribution is -2.17. The van der Waals surface area contributed by atoms with E-state index in [0.717, 1.165) is 35.4 Å². The van der Waals surface area contributed by atoms with Crippen molar-refractivity contribution < 1.29 is 4.74 Å². The Balaban J connectivity index is 1.56. The average molecular weight is 421 g/mol. The van der Waals surface area contributed by atoms with Crippen LogP contribution in [0.25, 0.3) is 0 Å². The Morgan fingerprint density at radius 3 is 2.30 bits per heavy atom. The predicted octanol–water partition coefficient (Wildman–Crippen LogP) is 6.56. The Kier molecular flexibility index (Phi) is 7.42. The minimum absolute atomic E-state index is 0.524. The lowest BCUT2D eigenvalue weighted by molar-refractivity contribution is 0.302. The molecule has 3 rings (SSSR count). The van der Waals surface area contributed by atoms with E-state index in [2.05, 4.69) is 5.32 Å². The van der Waals surface area contributed by atoms with E-state index in [0.29, 0.717) is 28.2 Å². The van der Waals surface area contributed by atoms with E-state index in [4.69, 9.17) is 39.5 Å². The van der Waals surface area contributed by atoms with Crippen LogP contribution in [0.2, 0.25) is 15.1 Å². The van der Waals surface area contributed by atoms with Crippen LogP contribution >= 0.6 is 34.8 Å². The maximum absolute atomic E-state index is 6.22. The van der Waals surface area contributed by atoms with Gasteiger partial charge < -0.3 is 10.1 Å². The third kappa shape index (κ3) is 6.15. The third-order valence-electron chi connectivity index (χ3n) is 4.16. The first-order valence-corrected chi connectivity index (χ1v) is 9.85. The van der Waals surface area contributed by atoms with Crippen molar-refractivity contribution in [1.29, 1.82) is 0 Å². The molecule has 0 aliphatic carbocycles. The van der Waals surface area contributed by atoms with Crippen LogP contribution in [-0.2, 0) is 19.6 Å². The van der Waals surface area contributed by atoms with Gasteiger partial charge in [-0.15, -0.1) is 0 Å². The number of hydrogen-bond acceptors (Lipinski definition) is 2. The van der Waals surface area contributed by atoms with Crippen LogP contribution in [0.4, 0.5) is 0 Å². The summed E-state index contributed by atoms with van der Waals surface area (Å²) < 4.78 is 5.99. The van der Waals surface area contributed by atoms with Gasteiger partial charge in [-0.1, -0.05) is 71.2 Å². The molecule has 1 N–H and O–H groups in total. The zero-order valence-corrected chi connectivity index (χ0v) is 17.0. The summed E-state index contributed by atoms with van der Waals surface area (Å²) >= 11 is 18.3. The Morgan fingerprint density at radius 2 is 1.52 bits per heavy atom. The second kappa shape index (κ2) is 10.0. The highest BCUT2D eigenvalue weighted by Gasteiger charge is 2.06. The third-order valence-corrected chi connectivity index (χ3v) is 4.98. The van der Waals surface area contributed by atoms with E-state index in [-0.39, 0.29) is 0 Å². The predicted molar refractivity (Wildman–Crippen MR) is 114 cm³/mol. The molecule has 0 atom stereocenters. The van der Waals surface area contributed by atoms with Crippen LogP contribution in [0.1, 0.15) is 16.7 Å². The van der Waals surface area contributed by atoms with Gasteiger partial charge in [0.05, 0.1) is 0 Å². The number of hydrogen-bond donors (Lipinski definition) is 1. The summed E-state index contributed by atoms with van der Waals surface area (Å²) in [6.07, 6.45) is 0.816. The minimum atomic E-state index is 0.524. The summed E-state index contributed by atoms with van der Waals surface area (Å²) in [5.74, 6) is 0.834. The topological polar surface area (TPSA) is 21.3 Å². The number of nitrogens with one attached hydrogen (secondary N) is 1. The van der Waals surface area contributed by atoms with E-state index in [1.54, 1.807) is 6.07 Å². The molecular formula is C22H20Cl3NO. The maximum atomic E-state index is 6.22. The molecule has 0 aromatic heterocycles. The highest BCUT2D eigenvalue weighted by molar-refractivity contribution is 6.35. The molecule has 0 spiro atoms. The Labute approximate surface area is 175 Å². The van der Waals surface area contributed by atoms with Crippen molar-refractivity contribution in [2.24, 2.45) is 0 Å². The molecule has 2 nitrogen and oxygen atoms in total. The molecule has 3 aromatic rings. The van der Waals surface area contributed by atoms with Gasteiger partial charge in [0.25, 0.3) is 0 Å². The van der Waals surface area contributed by atoms with Gasteiger partial charge in [0, 0.05) is 27.2 Å². The molecule has 0 fully saturated rings. The molecule has 0 radical (unpaired) electrons. The average Bonchev–Trinajstić information content (AvgIpc) is 2.67. The summed E-state index contributed by atoms with van der Waals surface area (Å²) in [6, 6.07) is 21.4. The summed E-state index contributed by atoms with van der Waals surface area (Å²) in [5.41, 5.74) is 3.23. The summed E-state index contributed by atoms with van der Waals surface area (Å²) in [6.45, 7) is 1.97. The lowest BCUT2D eigenvalue weighted by Gasteiger charge is -2.13. The number of ether oxygens (including phenoxy) is 1. The number of rotatable bonds is 8. The molecule has 0 aliphatic rings. The Hall–Kier alpha value is -1.71. The second-order valence-electron chi connectivity index (χ2n) is 6.19. The van der Waals surface area contributed by atoms with E-state index < -0.39 is 0 Å². The maximum Gasteiger partial charge on any atom is 0.124 e. The van der Waals surface area contributed by atoms with Crippen LogP contribution in [0, 0.1) is 0 Å². The first-order valence-electron chi connectivity index (χ1n) is 8.71. The molecule has 0 heterocycles. The SMILES string of the molecule is Clc1ccc(CCNCc2cc(Cl)ccc2OCc2ccccc2)c(Cl)c1. The van der Waals surface area contributed by atoms with Crippen molar-refractivity contribution in [1.82, 2.24) is 5.32 Å². The van der Waals surface area contributed by atoms with Crippen LogP contribution < -0.4 is 10.1 Å². The zero-order chi connectivity index (χ0) is 19.1. The number of benzene rings is 3. The van der Waals surface area contributed by atoms with Gasteiger partial charge in [-0.05, 0) is 54.4 Å². The van der Waals surface area contributed by atoms with Crippen molar-refractivity contribution in [3.63, 3.8) is 0 Å². The van der Waals surface area contributed by atoms with E-state index in [1.165, 1.54) is 0 Å². The van der Waals surface area contributed by atoms with Crippen molar-refractivity contribution in [2.45, 2.75) is 19.6 Å². The van der Waals surface area contributed by atoms with Gasteiger partial charge in [-0.3, -0.25) is 0 Å². The first kappa shape index (κ1) is 20.0. The molecule has 0 unspecified atom stereocenters. The van der Waals surface area contributed by atoms with E-state index in [1.807, 2.05) is 60.7 Å². The molecular weight excluding hydrogens is 401 g/mol. The molecule has 5 heteroatoms. The van der Waals surface area contributed by atoms with Gasteiger partial charge in [0.2, 0.25) is 0 Å². The Bertz CT molecular complexity index is 884. The largest absolute Gasteiger partial charge is 0.489 e. The highest BCUT2D eigenvalue weighted by Crippen LogP contribution is 2.24. The Morgan fingerprint density at radius 1 is 0.778 bits per heavy atom. The fraction of sp³-hybridized carbons (Fsp3) is 0.182. The summed E-state index contributed by atoms with van der Waals surface area (Å²) in [7, 11) is 0. The molecule has 140 valence electrons. The van der Waals surface area contributed by atoms with Crippen LogP contribution in [-0.4, -0.2) is 6.54 Å². The first-order chi connectivity index (χ1) is 13.1. The van der Waals surface area contributed by atoms with Crippen LogP contribution in [0.3, 0.4) is 0 Å². The van der Waals surface area contributed by atoms with Gasteiger partial charge in [0.1, 0.15) is 12.4 Å². The fourth-order valence-electron chi connectivity index (χ4n) is 2.73. The summed E-state index contributed by atoms with van der Waals surface area (Å²) in [4.78, 5) is 0. The summed E-state index contributed by atoms with van der Waals surface area (Å²) in [5, 5.41) is 5.46. The number of halogens is 3. The van der Waals surface area contributed by atoms with Crippen molar-refractivity contribution in [2.75, 3.05) is 6.54 Å². The fourth-order valence-corrected chi connectivity index (χ4v) is 3.43. The van der Waals surface area contributed by atoms with Gasteiger partial charge in [-0.2, -0.15) is 0 Å². The highest BCUT2D eigenvalue weighted by atomic mass is 35.5. The van der Waals surface area contributed by atoms with E-state index >= 15 is 0 Å². The van der Waals surface area contributed by atoms with Gasteiger partial charge in [-0.25, -0.2) is 0 Å². The molecule has 0 amide bonds. The molecule has 0 aliphatic heterocycles. The smallest absolute Gasteiger partial charge is 0.124 e. The monoisotopic (exact) mass is 419 g/mol. The van der Waals surface area contributed by atoms with E-state index in [9.17, 15) is 0 Å². The molecule has 0 bridgehead atoms. The molecule has 0 saturated carbocycles. The van der Waals surface area contributed by atoms with Crippen LogP contribution in [0.15, 0.2) is 66.7 Å².